The van der Waals surface area contributed by atoms with Crippen LogP contribution in [0.4, 0.5) is 4.39 Å². The molecule has 0 aliphatic heterocycles. The highest BCUT2D eigenvalue weighted by Crippen LogP contribution is 2.14. The van der Waals surface area contributed by atoms with E-state index in [1.54, 1.807) is 6.08 Å². The van der Waals surface area contributed by atoms with Crippen LogP contribution in [0.25, 0.3) is 5.57 Å². The summed E-state index contributed by atoms with van der Waals surface area (Å²) in [5, 5.41) is 0. The van der Waals surface area contributed by atoms with Gasteiger partial charge in [0.05, 0.1) is 7.18 Å². The third-order valence-electron chi connectivity index (χ3n) is 1.62. The van der Waals surface area contributed by atoms with Crippen LogP contribution in [0, 0.1) is 0 Å². The first kappa shape index (κ1) is 12.4. The minimum atomic E-state index is 0.500. The quantitative estimate of drug-likeness (QED) is 0.631. The number of allylic oxidation sites excluding steroid dienone is 4. The molecule has 0 nitrogen and oxygen atoms in total. The molecule has 1 aromatic rings. The summed E-state index contributed by atoms with van der Waals surface area (Å²) in [5.74, 6) is 0. The lowest BCUT2D eigenvalue weighted by Crippen LogP contribution is -1.77. The van der Waals surface area contributed by atoms with Crippen molar-refractivity contribution in [3.63, 3.8) is 0 Å². The molecule has 74 valence electrons. The second kappa shape index (κ2) is 7.99. The summed E-state index contributed by atoms with van der Waals surface area (Å²) in [6.45, 7) is 7.39. The molecular formula is C13H15F. The average Bonchev–Trinajstić information content (AvgIpc) is 2.30. The number of alkyl halides is 1. The Balaban J connectivity index is 0.000000791. The minimum Gasteiger partial charge on any atom is -0.255 e. The van der Waals surface area contributed by atoms with E-state index in [2.05, 4.69) is 25.3 Å². The molecule has 0 fully saturated rings. The molecule has 0 saturated heterocycles. The fraction of sp³-hybridized carbons (Fsp3) is 0.0769. The van der Waals surface area contributed by atoms with Gasteiger partial charge < -0.3 is 0 Å². The van der Waals surface area contributed by atoms with Crippen LogP contribution in [0.2, 0.25) is 0 Å². The van der Waals surface area contributed by atoms with Crippen molar-refractivity contribution < 1.29 is 4.39 Å². The van der Waals surface area contributed by atoms with Crippen LogP contribution >= 0.6 is 0 Å². The van der Waals surface area contributed by atoms with Crippen LogP contribution in [0.3, 0.4) is 0 Å². The topological polar surface area (TPSA) is 0 Å². The molecule has 0 spiro atoms. The van der Waals surface area contributed by atoms with Gasteiger partial charge in [-0.25, -0.2) is 0 Å². The second-order valence-corrected chi connectivity index (χ2v) is 2.43. The summed E-state index contributed by atoms with van der Waals surface area (Å²) in [6, 6.07) is 10.1. The van der Waals surface area contributed by atoms with E-state index in [0.29, 0.717) is 7.18 Å². The number of hydrogen-bond donors (Lipinski definition) is 0. The van der Waals surface area contributed by atoms with E-state index < -0.39 is 0 Å². The van der Waals surface area contributed by atoms with Crippen molar-refractivity contribution in [1.29, 1.82) is 0 Å². The lowest BCUT2D eigenvalue weighted by Gasteiger charge is -1.99. The summed E-state index contributed by atoms with van der Waals surface area (Å²) in [5.41, 5.74) is 2.28. The minimum absolute atomic E-state index is 0.500. The van der Waals surface area contributed by atoms with Crippen molar-refractivity contribution >= 4 is 5.57 Å². The van der Waals surface area contributed by atoms with Crippen molar-refractivity contribution in [3.8, 4) is 0 Å². The molecule has 0 radical (unpaired) electrons. The van der Waals surface area contributed by atoms with Crippen molar-refractivity contribution in [3.05, 3.63) is 67.3 Å². The highest BCUT2D eigenvalue weighted by molar-refractivity contribution is 5.74. The van der Waals surface area contributed by atoms with Gasteiger partial charge in [-0.05, 0) is 11.1 Å². The summed E-state index contributed by atoms with van der Waals surface area (Å²) >= 11 is 0. The highest BCUT2D eigenvalue weighted by atomic mass is 19.1. The maximum atomic E-state index is 9.50. The Labute approximate surface area is 85.1 Å². The van der Waals surface area contributed by atoms with Crippen molar-refractivity contribution in [2.45, 2.75) is 0 Å². The molecule has 14 heavy (non-hydrogen) atoms. The van der Waals surface area contributed by atoms with E-state index in [-0.39, 0.29) is 0 Å². The van der Waals surface area contributed by atoms with Crippen LogP contribution in [-0.2, 0) is 0 Å². The van der Waals surface area contributed by atoms with E-state index in [1.165, 1.54) is 5.56 Å². The summed E-state index contributed by atoms with van der Waals surface area (Å²) in [6.07, 6.45) is 5.54. The summed E-state index contributed by atoms with van der Waals surface area (Å²) < 4.78 is 9.50. The fourth-order valence-electron chi connectivity index (χ4n) is 1.04. The molecule has 0 unspecified atom stereocenters. The number of hydrogen-bond acceptors (Lipinski definition) is 0. The molecule has 0 aliphatic carbocycles. The predicted octanol–water partition coefficient (Wildman–Crippen LogP) is 4.03. The fourth-order valence-corrected chi connectivity index (χ4v) is 1.04. The van der Waals surface area contributed by atoms with E-state index in [1.807, 2.05) is 30.4 Å². The molecule has 0 atom stereocenters. The monoisotopic (exact) mass is 190 g/mol. The smallest absolute Gasteiger partial charge is 0.0785 e. The standard InChI is InChI=1S/C12H12.CH3F/c1-3-8-11(4-2)12-9-6-5-7-10-12;1-2/h3-10H,1-2H2;1H3/b11-8+;. The highest BCUT2D eigenvalue weighted by Gasteiger charge is 1.92. The number of halogens is 1. The largest absolute Gasteiger partial charge is 0.255 e. The van der Waals surface area contributed by atoms with Gasteiger partial charge in [-0.1, -0.05) is 61.7 Å². The third-order valence-corrected chi connectivity index (χ3v) is 1.62. The van der Waals surface area contributed by atoms with Crippen LogP contribution < -0.4 is 0 Å². The van der Waals surface area contributed by atoms with Crippen LogP contribution in [0.1, 0.15) is 5.56 Å². The van der Waals surface area contributed by atoms with E-state index in [4.69, 9.17) is 0 Å². The molecule has 1 heteroatoms. The SMILES string of the molecule is C=C/C=C(\C=C)c1ccccc1.CF. The first-order chi connectivity index (χ1) is 6.88. The zero-order valence-corrected chi connectivity index (χ0v) is 8.41. The number of rotatable bonds is 3. The van der Waals surface area contributed by atoms with Crippen molar-refractivity contribution in [2.75, 3.05) is 7.18 Å². The van der Waals surface area contributed by atoms with Crippen LogP contribution in [-0.4, -0.2) is 7.18 Å². The van der Waals surface area contributed by atoms with Crippen LogP contribution in [0.5, 0.6) is 0 Å². The molecule has 0 amide bonds. The van der Waals surface area contributed by atoms with Gasteiger partial charge in [0.15, 0.2) is 0 Å². The average molecular weight is 190 g/mol. The van der Waals surface area contributed by atoms with Gasteiger partial charge in [0.1, 0.15) is 0 Å². The Bertz CT molecular complexity index is 296. The zero-order chi connectivity index (χ0) is 10.8. The van der Waals surface area contributed by atoms with E-state index >= 15 is 0 Å². The zero-order valence-electron chi connectivity index (χ0n) is 8.41. The molecule has 1 aromatic carbocycles. The van der Waals surface area contributed by atoms with Gasteiger partial charge in [0.2, 0.25) is 0 Å². The Kier molecular flexibility index (Phi) is 7.06. The molecule has 0 heterocycles. The van der Waals surface area contributed by atoms with Gasteiger partial charge in [-0.2, -0.15) is 0 Å². The van der Waals surface area contributed by atoms with Gasteiger partial charge in [0.25, 0.3) is 0 Å². The van der Waals surface area contributed by atoms with E-state index in [0.717, 1.165) is 5.57 Å². The molecule has 0 bridgehead atoms. The van der Waals surface area contributed by atoms with Crippen LogP contribution in [0.15, 0.2) is 61.7 Å². The van der Waals surface area contributed by atoms with E-state index in [9.17, 15) is 4.39 Å². The summed E-state index contributed by atoms with van der Waals surface area (Å²) in [7, 11) is 0.500. The third kappa shape index (κ3) is 3.85. The van der Waals surface area contributed by atoms with Crippen molar-refractivity contribution in [1.82, 2.24) is 0 Å². The molecular weight excluding hydrogens is 175 g/mol. The lowest BCUT2D eigenvalue weighted by atomic mass is 10.1. The molecule has 0 N–H and O–H groups in total. The van der Waals surface area contributed by atoms with Gasteiger partial charge in [0, 0.05) is 0 Å². The maximum Gasteiger partial charge on any atom is 0.0785 e. The summed E-state index contributed by atoms with van der Waals surface area (Å²) in [4.78, 5) is 0. The second-order valence-electron chi connectivity index (χ2n) is 2.43. The van der Waals surface area contributed by atoms with Gasteiger partial charge in [-0.15, -0.1) is 0 Å². The van der Waals surface area contributed by atoms with Gasteiger partial charge >= 0.3 is 0 Å². The predicted molar refractivity (Wildman–Crippen MR) is 61.8 cm³/mol. The number of benzene rings is 1. The normalized spacial score (nSPS) is 9.71. The Morgan fingerprint density at radius 2 is 1.71 bits per heavy atom. The Morgan fingerprint density at radius 3 is 2.14 bits per heavy atom. The van der Waals surface area contributed by atoms with Crippen molar-refractivity contribution in [2.24, 2.45) is 0 Å². The molecule has 0 saturated carbocycles. The first-order valence-electron chi connectivity index (χ1n) is 4.27. The first-order valence-corrected chi connectivity index (χ1v) is 4.27. The lowest BCUT2D eigenvalue weighted by molar-refractivity contribution is 0.636. The Morgan fingerprint density at radius 1 is 1.14 bits per heavy atom. The molecule has 1 rings (SSSR count). The molecule has 0 aliphatic rings. The van der Waals surface area contributed by atoms with Gasteiger partial charge in [-0.3, -0.25) is 4.39 Å². The molecule has 0 aromatic heterocycles. The Hall–Kier alpha value is -1.63. The maximum absolute atomic E-state index is 9.50.